The fourth-order valence-electron chi connectivity index (χ4n) is 3.20. The number of anilines is 1. The Kier molecular flexibility index (Phi) is 6.63. The molecule has 0 N–H and O–H groups in total. The Morgan fingerprint density at radius 2 is 1.75 bits per heavy atom. The van der Waals surface area contributed by atoms with Gasteiger partial charge in [-0.1, -0.05) is 0 Å². The summed E-state index contributed by atoms with van der Waals surface area (Å²) in [5.74, 6) is 0.186. The van der Waals surface area contributed by atoms with Gasteiger partial charge >= 0.3 is 6.18 Å². The number of rotatable bonds is 5. The van der Waals surface area contributed by atoms with Crippen LogP contribution >= 0.6 is 0 Å². The molecule has 1 aromatic heterocycles. The van der Waals surface area contributed by atoms with Gasteiger partial charge in [-0.15, -0.1) is 0 Å². The standard InChI is InChI=1S/C20H23F3N4O4S/c1-13(2)31-16-5-4-14(32(3,29)30)10-15(16)19(28)27-8-6-26(7-9-27)18-12-24-17(11-25-18)20(21,22)23/h4-5,10-13H,6-9H2,1-3H3. The molecule has 2 aromatic rings. The number of halogens is 3. The van der Waals surface area contributed by atoms with Gasteiger partial charge in [0.25, 0.3) is 5.91 Å². The highest BCUT2D eigenvalue weighted by Gasteiger charge is 2.33. The van der Waals surface area contributed by atoms with Crippen molar-refractivity contribution >= 4 is 21.6 Å². The van der Waals surface area contributed by atoms with Crippen molar-refractivity contribution in [1.82, 2.24) is 14.9 Å². The highest BCUT2D eigenvalue weighted by atomic mass is 32.2. The van der Waals surface area contributed by atoms with Gasteiger partial charge in [0.05, 0.1) is 29.0 Å². The minimum absolute atomic E-state index is 0.00983. The van der Waals surface area contributed by atoms with Crippen LogP contribution in [0.15, 0.2) is 35.5 Å². The summed E-state index contributed by atoms with van der Waals surface area (Å²) in [6, 6.07) is 4.17. The first kappa shape index (κ1) is 23.8. The van der Waals surface area contributed by atoms with Crippen LogP contribution in [-0.4, -0.2) is 67.7 Å². The summed E-state index contributed by atoms with van der Waals surface area (Å²) in [5, 5.41) is 0. The molecule has 32 heavy (non-hydrogen) atoms. The number of nitrogens with zero attached hydrogens (tertiary/aromatic N) is 4. The first-order valence-corrected chi connectivity index (χ1v) is 11.7. The summed E-state index contributed by atoms with van der Waals surface area (Å²) in [6.45, 7) is 4.79. The zero-order valence-electron chi connectivity index (χ0n) is 17.8. The van der Waals surface area contributed by atoms with Crippen molar-refractivity contribution in [3.05, 3.63) is 41.9 Å². The SMILES string of the molecule is CC(C)Oc1ccc(S(C)(=O)=O)cc1C(=O)N1CCN(c2cnc(C(F)(F)F)cn2)CC1. The van der Waals surface area contributed by atoms with Crippen molar-refractivity contribution in [2.75, 3.05) is 37.3 Å². The molecule has 174 valence electrons. The number of carbonyl (C=O) groups excluding carboxylic acids is 1. The predicted molar refractivity (Wildman–Crippen MR) is 110 cm³/mol. The molecule has 0 atom stereocenters. The largest absolute Gasteiger partial charge is 0.490 e. The summed E-state index contributed by atoms with van der Waals surface area (Å²) in [5.41, 5.74) is -0.928. The van der Waals surface area contributed by atoms with Crippen molar-refractivity contribution < 1.29 is 31.1 Å². The third-order valence-electron chi connectivity index (χ3n) is 4.79. The van der Waals surface area contributed by atoms with Crippen LogP contribution in [0.3, 0.4) is 0 Å². The van der Waals surface area contributed by atoms with Crippen molar-refractivity contribution in [2.24, 2.45) is 0 Å². The molecule has 0 radical (unpaired) electrons. The number of carbonyl (C=O) groups is 1. The maximum atomic E-state index is 13.2. The monoisotopic (exact) mass is 472 g/mol. The van der Waals surface area contributed by atoms with Gasteiger partial charge in [-0.05, 0) is 32.0 Å². The fraction of sp³-hybridized carbons (Fsp3) is 0.450. The van der Waals surface area contributed by atoms with E-state index in [4.69, 9.17) is 4.74 Å². The normalized spacial score (nSPS) is 15.2. The zero-order chi connectivity index (χ0) is 23.7. The number of benzene rings is 1. The molecule has 8 nitrogen and oxygen atoms in total. The second-order valence-corrected chi connectivity index (χ2v) is 9.65. The Balaban J connectivity index is 1.76. The van der Waals surface area contributed by atoms with Crippen LogP contribution in [0.4, 0.5) is 19.0 Å². The van der Waals surface area contributed by atoms with E-state index in [1.54, 1.807) is 23.6 Å². The Labute approximate surface area is 183 Å². The lowest BCUT2D eigenvalue weighted by Crippen LogP contribution is -2.49. The summed E-state index contributed by atoms with van der Waals surface area (Å²) in [7, 11) is -3.52. The predicted octanol–water partition coefficient (Wildman–Crippen LogP) is 2.65. The van der Waals surface area contributed by atoms with Crippen molar-refractivity contribution in [3.63, 3.8) is 0 Å². The molecule has 12 heteroatoms. The number of hydrogen-bond acceptors (Lipinski definition) is 7. The van der Waals surface area contributed by atoms with Gasteiger partial charge in [0.1, 0.15) is 11.6 Å². The van der Waals surface area contributed by atoms with E-state index < -0.39 is 21.7 Å². The molecule has 0 saturated carbocycles. The van der Waals surface area contributed by atoms with E-state index in [2.05, 4.69) is 9.97 Å². The molecule has 0 spiro atoms. The van der Waals surface area contributed by atoms with Crippen molar-refractivity contribution in [1.29, 1.82) is 0 Å². The van der Waals surface area contributed by atoms with Crippen LogP contribution < -0.4 is 9.64 Å². The molecule has 0 aliphatic carbocycles. The van der Waals surface area contributed by atoms with E-state index in [1.807, 2.05) is 0 Å². The first-order chi connectivity index (χ1) is 14.9. The Morgan fingerprint density at radius 3 is 2.25 bits per heavy atom. The lowest BCUT2D eigenvalue weighted by atomic mass is 10.1. The number of sulfone groups is 1. The van der Waals surface area contributed by atoms with Crippen molar-refractivity contribution in [3.8, 4) is 5.75 Å². The van der Waals surface area contributed by atoms with Gasteiger partial charge in [0.2, 0.25) is 0 Å². The third-order valence-corrected chi connectivity index (χ3v) is 5.90. The van der Waals surface area contributed by atoms with E-state index in [0.717, 1.165) is 12.5 Å². The number of aromatic nitrogens is 2. The Hall–Kier alpha value is -2.89. The summed E-state index contributed by atoms with van der Waals surface area (Å²) >= 11 is 0. The highest BCUT2D eigenvalue weighted by Crippen LogP contribution is 2.28. The molecule has 3 rings (SSSR count). The molecule has 1 aliphatic heterocycles. The van der Waals surface area contributed by atoms with Crippen LogP contribution in [0.2, 0.25) is 0 Å². The summed E-state index contributed by atoms with van der Waals surface area (Å²) in [4.78, 5) is 23.7. The quantitative estimate of drug-likeness (QED) is 0.661. The van der Waals surface area contributed by atoms with Crippen LogP contribution in [0.1, 0.15) is 29.9 Å². The molecule has 1 fully saturated rings. The minimum Gasteiger partial charge on any atom is -0.490 e. The van der Waals surface area contributed by atoms with Gasteiger partial charge in [-0.25, -0.2) is 18.4 Å². The average Bonchev–Trinajstić information content (AvgIpc) is 2.72. The van der Waals surface area contributed by atoms with E-state index in [9.17, 15) is 26.4 Å². The lowest BCUT2D eigenvalue weighted by molar-refractivity contribution is -0.141. The highest BCUT2D eigenvalue weighted by molar-refractivity contribution is 7.90. The van der Waals surface area contributed by atoms with Gasteiger partial charge in [-0.2, -0.15) is 13.2 Å². The molecular weight excluding hydrogens is 449 g/mol. The number of ether oxygens (including phenoxy) is 1. The van der Waals surface area contributed by atoms with Gasteiger partial charge in [0.15, 0.2) is 15.5 Å². The van der Waals surface area contributed by atoms with Crippen LogP contribution in [-0.2, 0) is 16.0 Å². The Bertz CT molecular complexity index is 1080. The molecule has 1 amide bonds. The third kappa shape index (κ3) is 5.47. The number of amides is 1. The molecule has 1 saturated heterocycles. The number of piperazine rings is 1. The molecule has 1 aromatic carbocycles. The first-order valence-electron chi connectivity index (χ1n) is 9.80. The fourth-order valence-corrected chi connectivity index (χ4v) is 3.85. The topological polar surface area (TPSA) is 92.7 Å². The molecule has 0 bridgehead atoms. The summed E-state index contributed by atoms with van der Waals surface area (Å²) in [6.07, 6.45) is -1.99. The van der Waals surface area contributed by atoms with Crippen LogP contribution in [0.5, 0.6) is 5.75 Å². The number of alkyl halides is 3. The van der Waals surface area contributed by atoms with Gasteiger partial charge in [0, 0.05) is 32.4 Å². The van der Waals surface area contributed by atoms with E-state index >= 15 is 0 Å². The molecule has 0 unspecified atom stereocenters. The molecule has 1 aliphatic rings. The number of hydrogen-bond donors (Lipinski definition) is 0. The van der Waals surface area contributed by atoms with Crippen LogP contribution in [0, 0.1) is 0 Å². The van der Waals surface area contributed by atoms with Gasteiger partial charge < -0.3 is 14.5 Å². The van der Waals surface area contributed by atoms with Crippen LogP contribution in [0.25, 0.3) is 0 Å². The molecule has 2 heterocycles. The minimum atomic E-state index is -4.56. The van der Waals surface area contributed by atoms with E-state index in [-0.39, 0.29) is 47.1 Å². The average molecular weight is 472 g/mol. The maximum absolute atomic E-state index is 13.2. The second-order valence-electron chi connectivity index (χ2n) is 7.63. The van der Waals surface area contributed by atoms with E-state index in [1.165, 1.54) is 18.2 Å². The molecular formula is C20H23F3N4O4S. The summed E-state index contributed by atoms with van der Waals surface area (Å²) < 4.78 is 67.6. The maximum Gasteiger partial charge on any atom is 0.434 e. The van der Waals surface area contributed by atoms with E-state index in [0.29, 0.717) is 19.3 Å². The lowest BCUT2D eigenvalue weighted by Gasteiger charge is -2.35. The smallest absolute Gasteiger partial charge is 0.434 e. The second kappa shape index (κ2) is 8.93. The Morgan fingerprint density at radius 1 is 1.09 bits per heavy atom. The zero-order valence-corrected chi connectivity index (χ0v) is 18.6. The van der Waals surface area contributed by atoms with Crippen molar-refractivity contribution in [2.45, 2.75) is 31.0 Å². The van der Waals surface area contributed by atoms with Gasteiger partial charge in [-0.3, -0.25) is 4.79 Å².